The fourth-order valence-corrected chi connectivity index (χ4v) is 2.66. The Morgan fingerprint density at radius 3 is 2.77 bits per heavy atom. The molecule has 3 rings (SSSR count). The maximum Gasteiger partial charge on any atom is 0.340 e. The Morgan fingerprint density at radius 2 is 2.04 bits per heavy atom. The first kappa shape index (κ1) is 17.6. The number of anilines is 3. The predicted molar refractivity (Wildman–Crippen MR) is 95.4 cm³/mol. The van der Waals surface area contributed by atoms with E-state index in [-0.39, 0.29) is 5.95 Å². The highest BCUT2D eigenvalue weighted by molar-refractivity contribution is 5.96. The fraction of sp³-hybridized carbons (Fsp3) is 0.353. The minimum atomic E-state index is -0.412. The molecule has 0 spiro atoms. The summed E-state index contributed by atoms with van der Waals surface area (Å²) in [6, 6.07) is 7.00. The number of benzene rings is 1. The highest BCUT2D eigenvalue weighted by Crippen LogP contribution is 2.21. The van der Waals surface area contributed by atoms with Crippen molar-refractivity contribution >= 4 is 29.8 Å². The molecule has 136 valence electrons. The zero-order valence-corrected chi connectivity index (χ0v) is 14.5. The molecule has 0 saturated carbocycles. The minimum absolute atomic E-state index is 0.289. The van der Waals surface area contributed by atoms with E-state index in [0.717, 1.165) is 6.41 Å². The number of rotatable bonds is 6. The van der Waals surface area contributed by atoms with Crippen LogP contribution in [0.2, 0.25) is 0 Å². The Kier molecular flexibility index (Phi) is 5.57. The second kappa shape index (κ2) is 8.24. The molecule has 1 aliphatic heterocycles. The van der Waals surface area contributed by atoms with E-state index < -0.39 is 5.97 Å². The van der Waals surface area contributed by atoms with Gasteiger partial charge in [-0.15, -0.1) is 5.10 Å². The maximum atomic E-state index is 12.1. The van der Waals surface area contributed by atoms with E-state index in [4.69, 9.17) is 4.74 Å². The van der Waals surface area contributed by atoms with Crippen molar-refractivity contribution in [3.63, 3.8) is 0 Å². The van der Waals surface area contributed by atoms with Crippen molar-refractivity contribution in [2.24, 2.45) is 0 Å². The van der Waals surface area contributed by atoms with Crippen LogP contribution in [0.3, 0.4) is 0 Å². The van der Waals surface area contributed by atoms with Gasteiger partial charge in [-0.1, -0.05) is 12.1 Å². The van der Waals surface area contributed by atoms with Gasteiger partial charge in [-0.25, -0.2) is 4.79 Å². The average Bonchev–Trinajstić information content (AvgIpc) is 2.69. The van der Waals surface area contributed by atoms with Crippen molar-refractivity contribution in [2.75, 3.05) is 43.0 Å². The minimum Gasteiger partial charge on any atom is -0.462 e. The van der Waals surface area contributed by atoms with Crippen molar-refractivity contribution in [1.82, 2.24) is 20.1 Å². The van der Waals surface area contributed by atoms with Crippen molar-refractivity contribution in [2.45, 2.75) is 6.92 Å². The molecule has 26 heavy (non-hydrogen) atoms. The van der Waals surface area contributed by atoms with Crippen LogP contribution in [-0.2, 0) is 9.53 Å². The fourth-order valence-electron chi connectivity index (χ4n) is 2.66. The van der Waals surface area contributed by atoms with E-state index in [1.54, 1.807) is 42.3 Å². The maximum absolute atomic E-state index is 12.1. The Balaban J connectivity index is 1.76. The van der Waals surface area contributed by atoms with E-state index in [2.05, 4.69) is 20.5 Å². The van der Waals surface area contributed by atoms with Gasteiger partial charge in [0, 0.05) is 26.2 Å². The summed E-state index contributed by atoms with van der Waals surface area (Å²) >= 11 is 0. The van der Waals surface area contributed by atoms with Gasteiger partial charge in [-0.2, -0.15) is 10.1 Å². The number of carbonyl (C=O) groups excluding carboxylic acids is 2. The topological polar surface area (TPSA) is 101 Å². The Labute approximate surface area is 151 Å². The number of nitrogens with zero attached hydrogens (tertiary/aromatic N) is 5. The molecule has 9 nitrogen and oxygen atoms in total. The lowest BCUT2D eigenvalue weighted by Gasteiger charge is -2.33. The van der Waals surface area contributed by atoms with Gasteiger partial charge in [0.1, 0.15) is 0 Å². The summed E-state index contributed by atoms with van der Waals surface area (Å²) in [6.45, 7) is 4.69. The number of amides is 1. The molecule has 1 aliphatic rings. The third-order valence-corrected chi connectivity index (χ3v) is 4.00. The summed E-state index contributed by atoms with van der Waals surface area (Å²) in [5, 5.41) is 11.0. The first-order valence-electron chi connectivity index (χ1n) is 8.38. The highest BCUT2D eigenvalue weighted by Gasteiger charge is 2.18. The number of nitrogens with one attached hydrogen (secondary N) is 1. The summed E-state index contributed by atoms with van der Waals surface area (Å²) < 4.78 is 5.07. The van der Waals surface area contributed by atoms with Gasteiger partial charge >= 0.3 is 5.97 Å². The normalized spacial score (nSPS) is 14.0. The molecular weight excluding hydrogens is 336 g/mol. The van der Waals surface area contributed by atoms with Gasteiger partial charge < -0.3 is 19.9 Å². The second-order valence-corrected chi connectivity index (χ2v) is 5.66. The Bertz CT molecular complexity index is 777. The summed E-state index contributed by atoms with van der Waals surface area (Å²) in [7, 11) is 0. The molecule has 2 aromatic rings. The monoisotopic (exact) mass is 356 g/mol. The largest absolute Gasteiger partial charge is 0.462 e. The highest BCUT2D eigenvalue weighted by atomic mass is 16.5. The molecule has 1 fully saturated rings. The second-order valence-electron chi connectivity index (χ2n) is 5.66. The lowest BCUT2D eigenvalue weighted by atomic mass is 10.2. The van der Waals surface area contributed by atoms with Gasteiger partial charge in [0.15, 0.2) is 5.82 Å². The van der Waals surface area contributed by atoms with Gasteiger partial charge in [-0.05, 0) is 19.1 Å². The lowest BCUT2D eigenvalue weighted by molar-refractivity contribution is -0.118. The number of aromatic nitrogens is 3. The summed E-state index contributed by atoms with van der Waals surface area (Å²) in [4.78, 5) is 31.1. The van der Waals surface area contributed by atoms with Gasteiger partial charge in [0.2, 0.25) is 12.4 Å². The molecule has 0 unspecified atom stereocenters. The van der Waals surface area contributed by atoms with Crippen LogP contribution in [0.4, 0.5) is 17.5 Å². The van der Waals surface area contributed by atoms with Crippen LogP contribution >= 0.6 is 0 Å². The number of piperazine rings is 1. The third-order valence-electron chi connectivity index (χ3n) is 4.00. The molecular formula is C17H20N6O3. The van der Waals surface area contributed by atoms with Crippen molar-refractivity contribution in [1.29, 1.82) is 0 Å². The van der Waals surface area contributed by atoms with Crippen LogP contribution in [0.25, 0.3) is 0 Å². The molecule has 9 heteroatoms. The van der Waals surface area contributed by atoms with Crippen LogP contribution < -0.4 is 10.2 Å². The third kappa shape index (κ3) is 4.05. The van der Waals surface area contributed by atoms with Crippen molar-refractivity contribution in [3.05, 3.63) is 36.0 Å². The van der Waals surface area contributed by atoms with Crippen LogP contribution in [-0.4, -0.2) is 65.2 Å². The van der Waals surface area contributed by atoms with Gasteiger partial charge in [-0.3, -0.25) is 4.79 Å². The van der Waals surface area contributed by atoms with E-state index in [1.165, 1.54) is 0 Å². The van der Waals surface area contributed by atoms with Crippen LogP contribution in [0.5, 0.6) is 0 Å². The number of esters is 1. The van der Waals surface area contributed by atoms with E-state index >= 15 is 0 Å². The summed E-state index contributed by atoms with van der Waals surface area (Å²) in [6.07, 6.45) is 2.44. The van der Waals surface area contributed by atoms with Gasteiger partial charge in [0.05, 0.1) is 24.1 Å². The molecule has 1 aromatic carbocycles. The van der Waals surface area contributed by atoms with Crippen LogP contribution in [0, 0.1) is 0 Å². The number of para-hydroxylation sites is 1. The standard InChI is InChI=1S/C17H20N6O3/c1-2-26-16(25)13-5-3-4-6-14(13)19-17-20-15(11-18-21-17)23-9-7-22(12-24)8-10-23/h3-6,11-12H,2,7-10H2,1H3,(H,19,20,21). The smallest absolute Gasteiger partial charge is 0.340 e. The number of carbonyl (C=O) groups is 2. The Morgan fingerprint density at radius 1 is 1.27 bits per heavy atom. The van der Waals surface area contributed by atoms with Gasteiger partial charge in [0.25, 0.3) is 0 Å². The molecule has 0 atom stereocenters. The van der Waals surface area contributed by atoms with Crippen molar-refractivity contribution in [3.8, 4) is 0 Å². The van der Waals surface area contributed by atoms with E-state index in [0.29, 0.717) is 49.9 Å². The summed E-state index contributed by atoms with van der Waals surface area (Å²) in [5.74, 6) is 0.545. The average molecular weight is 356 g/mol. The van der Waals surface area contributed by atoms with E-state index in [1.807, 2.05) is 4.90 Å². The molecule has 1 aromatic heterocycles. The van der Waals surface area contributed by atoms with Crippen LogP contribution in [0.15, 0.2) is 30.5 Å². The quantitative estimate of drug-likeness (QED) is 0.606. The molecule has 0 bridgehead atoms. The molecule has 2 heterocycles. The zero-order valence-electron chi connectivity index (χ0n) is 14.5. The first-order valence-corrected chi connectivity index (χ1v) is 8.38. The molecule has 1 N–H and O–H groups in total. The number of hydrogen-bond donors (Lipinski definition) is 1. The first-order chi connectivity index (χ1) is 12.7. The van der Waals surface area contributed by atoms with E-state index in [9.17, 15) is 9.59 Å². The van der Waals surface area contributed by atoms with Crippen molar-refractivity contribution < 1.29 is 14.3 Å². The SMILES string of the molecule is CCOC(=O)c1ccccc1Nc1nncc(N2CCN(C=O)CC2)n1. The number of ether oxygens (including phenoxy) is 1. The molecule has 0 radical (unpaired) electrons. The molecule has 0 aliphatic carbocycles. The van der Waals surface area contributed by atoms with Crippen LogP contribution in [0.1, 0.15) is 17.3 Å². The molecule has 1 saturated heterocycles. The summed E-state index contributed by atoms with van der Waals surface area (Å²) in [5.41, 5.74) is 0.957. The number of hydrogen-bond acceptors (Lipinski definition) is 8. The predicted octanol–water partition coefficient (Wildman–Crippen LogP) is 1.07. The molecule has 1 amide bonds. The lowest BCUT2D eigenvalue weighted by Crippen LogP contribution is -2.46. The zero-order chi connectivity index (χ0) is 18.4. The Hall–Kier alpha value is -3.23.